The molecule has 0 aromatic carbocycles. The van der Waals surface area contributed by atoms with Crippen molar-refractivity contribution >= 4 is 11.8 Å². The lowest BCUT2D eigenvalue weighted by atomic mass is 10.2. The minimum absolute atomic E-state index is 0.163. The first-order chi connectivity index (χ1) is 9.16. The molecule has 0 aliphatic carbocycles. The number of nitrogens with one attached hydrogen (secondary N) is 1. The fourth-order valence-corrected chi connectivity index (χ4v) is 2.06. The van der Waals surface area contributed by atoms with Gasteiger partial charge in [-0.3, -0.25) is 9.59 Å². The Morgan fingerprint density at radius 3 is 2.79 bits per heavy atom. The largest absolute Gasteiger partial charge is 0.467 e. The van der Waals surface area contributed by atoms with Crippen molar-refractivity contribution in [2.24, 2.45) is 0 Å². The maximum absolute atomic E-state index is 11.8. The lowest BCUT2D eigenvalue weighted by molar-refractivity contribution is -0.139. The van der Waals surface area contributed by atoms with E-state index in [0.29, 0.717) is 5.76 Å². The predicted molar refractivity (Wildman–Crippen MR) is 67.0 cm³/mol. The number of carbonyl (C=O) groups excluding carboxylic acids is 2. The van der Waals surface area contributed by atoms with Crippen LogP contribution in [0.1, 0.15) is 25.0 Å². The first-order valence-electron chi connectivity index (χ1n) is 6.43. The molecule has 2 amide bonds. The Labute approximate surface area is 111 Å². The second-order valence-electron chi connectivity index (χ2n) is 4.60. The summed E-state index contributed by atoms with van der Waals surface area (Å²) in [5.41, 5.74) is 0. The SMILES string of the molecule is O=C(NCc1ccco1)[C@H](O)CC(=O)N1CCCC1. The highest BCUT2D eigenvalue weighted by Gasteiger charge is 2.24. The van der Waals surface area contributed by atoms with E-state index in [9.17, 15) is 14.7 Å². The zero-order valence-corrected chi connectivity index (χ0v) is 10.7. The highest BCUT2D eigenvalue weighted by Crippen LogP contribution is 2.10. The van der Waals surface area contributed by atoms with Crippen molar-refractivity contribution in [3.8, 4) is 0 Å². The molecule has 1 aliphatic rings. The number of carbonyl (C=O) groups is 2. The average molecular weight is 266 g/mol. The maximum Gasteiger partial charge on any atom is 0.249 e. The average Bonchev–Trinajstić information content (AvgIpc) is 3.08. The Hall–Kier alpha value is -1.82. The number of amides is 2. The van der Waals surface area contributed by atoms with E-state index in [1.165, 1.54) is 6.26 Å². The third kappa shape index (κ3) is 3.82. The molecule has 2 N–H and O–H groups in total. The van der Waals surface area contributed by atoms with E-state index in [4.69, 9.17) is 4.42 Å². The number of hydrogen-bond donors (Lipinski definition) is 2. The zero-order chi connectivity index (χ0) is 13.7. The molecule has 1 saturated heterocycles. The second kappa shape index (κ2) is 6.38. The van der Waals surface area contributed by atoms with Gasteiger partial charge in [0.05, 0.1) is 19.2 Å². The Morgan fingerprint density at radius 1 is 1.42 bits per heavy atom. The predicted octanol–water partition coefficient (Wildman–Crippen LogP) is 0.269. The van der Waals surface area contributed by atoms with Crippen molar-refractivity contribution in [3.63, 3.8) is 0 Å². The fourth-order valence-electron chi connectivity index (χ4n) is 2.06. The van der Waals surface area contributed by atoms with Gasteiger partial charge >= 0.3 is 0 Å². The van der Waals surface area contributed by atoms with Crippen LogP contribution in [0.2, 0.25) is 0 Å². The van der Waals surface area contributed by atoms with E-state index in [1.807, 2.05) is 0 Å². The van der Waals surface area contributed by atoms with Gasteiger partial charge < -0.3 is 19.7 Å². The van der Waals surface area contributed by atoms with Gasteiger partial charge in [-0.15, -0.1) is 0 Å². The van der Waals surface area contributed by atoms with Gasteiger partial charge in [-0.1, -0.05) is 0 Å². The molecule has 0 saturated carbocycles. The molecule has 0 unspecified atom stereocenters. The van der Waals surface area contributed by atoms with Gasteiger partial charge in [0.1, 0.15) is 11.9 Å². The van der Waals surface area contributed by atoms with E-state index in [0.717, 1.165) is 25.9 Å². The third-order valence-corrected chi connectivity index (χ3v) is 3.15. The van der Waals surface area contributed by atoms with Gasteiger partial charge in [0.25, 0.3) is 0 Å². The summed E-state index contributed by atoms with van der Waals surface area (Å²) in [5.74, 6) is -0.117. The van der Waals surface area contributed by atoms with Gasteiger partial charge in [-0.25, -0.2) is 0 Å². The van der Waals surface area contributed by atoms with Crippen molar-refractivity contribution in [2.45, 2.75) is 31.9 Å². The number of rotatable bonds is 5. The number of likely N-dealkylation sites (tertiary alicyclic amines) is 1. The molecule has 1 aliphatic heterocycles. The van der Waals surface area contributed by atoms with Crippen LogP contribution in [0.15, 0.2) is 22.8 Å². The Kier molecular flexibility index (Phi) is 4.57. The van der Waals surface area contributed by atoms with Crippen molar-refractivity contribution in [3.05, 3.63) is 24.2 Å². The summed E-state index contributed by atoms with van der Waals surface area (Å²) in [5, 5.41) is 12.2. The normalized spacial score (nSPS) is 16.4. The molecule has 1 aromatic heterocycles. The first-order valence-corrected chi connectivity index (χ1v) is 6.43. The molecule has 6 nitrogen and oxygen atoms in total. The Bertz CT molecular complexity index is 424. The molecule has 6 heteroatoms. The quantitative estimate of drug-likeness (QED) is 0.801. The monoisotopic (exact) mass is 266 g/mol. The van der Waals surface area contributed by atoms with Crippen LogP contribution in [-0.4, -0.2) is 41.0 Å². The molecule has 1 atom stereocenters. The molecular weight excluding hydrogens is 248 g/mol. The number of hydrogen-bond acceptors (Lipinski definition) is 4. The molecule has 0 bridgehead atoms. The molecular formula is C13H18N2O4. The van der Waals surface area contributed by atoms with Crippen molar-refractivity contribution in [1.29, 1.82) is 0 Å². The molecule has 1 aromatic rings. The molecule has 1 fully saturated rings. The van der Waals surface area contributed by atoms with Gasteiger partial charge in [0, 0.05) is 13.1 Å². The number of furan rings is 1. The van der Waals surface area contributed by atoms with Crippen molar-refractivity contribution in [1.82, 2.24) is 10.2 Å². The Balaban J connectivity index is 1.73. The van der Waals surface area contributed by atoms with Crippen LogP contribution >= 0.6 is 0 Å². The minimum atomic E-state index is -1.30. The van der Waals surface area contributed by atoms with Crippen LogP contribution in [-0.2, 0) is 16.1 Å². The van der Waals surface area contributed by atoms with Crippen LogP contribution in [0.3, 0.4) is 0 Å². The molecule has 0 radical (unpaired) electrons. The number of aliphatic hydroxyl groups is 1. The topological polar surface area (TPSA) is 82.8 Å². The van der Waals surface area contributed by atoms with Gasteiger partial charge in [0.2, 0.25) is 11.8 Å². The van der Waals surface area contributed by atoms with Crippen LogP contribution in [0, 0.1) is 0 Å². The highest BCUT2D eigenvalue weighted by molar-refractivity contribution is 5.87. The van der Waals surface area contributed by atoms with Crippen LogP contribution in [0.4, 0.5) is 0 Å². The summed E-state index contributed by atoms with van der Waals surface area (Å²) >= 11 is 0. The minimum Gasteiger partial charge on any atom is -0.467 e. The van der Waals surface area contributed by atoms with Crippen LogP contribution in [0.5, 0.6) is 0 Å². The van der Waals surface area contributed by atoms with Crippen molar-refractivity contribution in [2.75, 3.05) is 13.1 Å². The fraction of sp³-hybridized carbons (Fsp3) is 0.538. The number of aliphatic hydroxyl groups excluding tert-OH is 1. The first kappa shape index (κ1) is 13.6. The molecule has 0 spiro atoms. The molecule has 19 heavy (non-hydrogen) atoms. The van der Waals surface area contributed by atoms with E-state index in [-0.39, 0.29) is 18.9 Å². The van der Waals surface area contributed by atoms with Gasteiger partial charge in [0.15, 0.2) is 0 Å². The smallest absolute Gasteiger partial charge is 0.249 e. The summed E-state index contributed by atoms with van der Waals surface area (Å²) in [6, 6.07) is 3.44. The maximum atomic E-state index is 11.8. The highest BCUT2D eigenvalue weighted by atomic mass is 16.3. The molecule has 104 valence electrons. The van der Waals surface area contributed by atoms with E-state index >= 15 is 0 Å². The third-order valence-electron chi connectivity index (χ3n) is 3.15. The lowest BCUT2D eigenvalue weighted by Gasteiger charge is -2.17. The van der Waals surface area contributed by atoms with E-state index in [1.54, 1.807) is 17.0 Å². The van der Waals surface area contributed by atoms with Crippen LogP contribution in [0.25, 0.3) is 0 Å². The summed E-state index contributed by atoms with van der Waals surface area (Å²) in [4.78, 5) is 25.1. The summed E-state index contributed by atoms with van der Waals surface area (Å²) in [7, 11) is 0. The van der Waals surface area contributed by atoms with E-state index in [2.05, 4.69) is 5.32 Å². The van der Waals surface area contributed by atoms with Crippen molar-refractivity contribution < 1.29 is 19.1 Å². The lowest BCUT2D eigenvalue weighted by Crippen LogP contribution is -2.39. The summed E-state index contributed by atoms with van der Waals surface area (Å²) in [6.45, 7) is 1.65. The van der Waals surface area contributed by atoms with Gasteiger partial charge in [-0.05, 0) is 25.0 Å². The molecule has 2 heterocycles. The standard InChI is InChI=1S/C13H18N2O4/c16-11(8-12(17)15-5-1-2-6-15)13(18)14-9-10-4-3-7-19-10/h3-4,7,11,16H,1-2,5-6,8-9H2,(H,14,18)/t11-/m1/s1. The zero-order valence-electron chi connectivity index (χ0n) is 10.7. The summed E-state index contributed by atoms with van der Waals surface area (Å²) in [6.07, 6.45) is 2.03. The van der Waals surface area contributed by atoms with Crippen LogP contribution < -0.4 is 5.32 Å². The summed E-state index contributed by atoms with van der Waals surface area (Å²) < 4.78 is 5.05. The van der Waals surface area contributed by atoms with E-state index < -0.39 is 12.0 Å². The number of nitrogens with zero attached hydrogens (tertiary/aromatic N) is 1. The molecule has 2 rings (SSSR count). The second-order valence-corrected chi connectivity index (χ2v) is 4.60. The van der Waals surface area contributed by atoms with Gasteiger partial charge in [-0.2, -0.15) is 0 Å². The Morgan fingerprint density at radius 2 is 2.16 bits per heavy atom.